The summed E-state index contributed by atoms with van der Waals surface area (Å²) in [6, 6.07) is 10.2. The average Bonchev–Trinajstić information content (AvgIpc) is 2.27. The summed E-state index contributed by atoms with van der Waals surface area (Å²) in [6.07, 6.45) is 1.28. The van der Waals surface area contributed by atoms with Gasteiger partial charge in [-0.3, -0.25) is 0 Å². The number of sulfone groups is 1. The smallest absolute Gasteiger partial charge is 0.148 e. The Balaban J connectivity index is 2.18. The molecule has 0 aliphatic carbocycles. The highest BCUT2D eigenvalue weighted by Gasteiger charge is 2.05. The number of thioether (sulfide) groups is 1. The molecule has 96 valence electrons. The molecular weight excluding hydrogens is 254 g/mol. The zero-order chi connectivity index (χ0) is 12.7. The van der Waals surface area contributed by atoms with Crippen LogP contribution < -0.4 is 0 Å². The highest BCUT2D eigenvalue weighted by molar-refractivity contribution is 7.99. The third-order valence-electron chi connectivity index (χ3n) is 2.33. The molecule has 0 saturated heterocycles. The van der Waals surface area contributed by atoms with Gasteiger partial charge in [-0.1, -0.05) is 18.2 Å². The molecule has 0 radical (unpaired) electrons. The first-order chi connectivity index (χ1) is 7.97. The van der Waals surface area contributed by atoms with E-state index in [1.54, 1.807) is 11.8 Å². The highest BCUT2D eigenvalue weighted by atomic mass is 32.2. The van der Waals surface area contributed by atoms with Gasteiger partial charge in [-0.2, -0.15) is 0 Å². The fraction of sp³-hybridized carbons (Fsp3) is 0.500. The van der Waals surface area contributed by atoms with Crippen LogP contribution in [0.15, 0.2) is 35.2 Å². The Bertz CT molecular complexity index is 417. The Hall–Kier alpha value is -0.520. The number of nitrogens with zero attached hydrogens (tertiary/aromatic N) is 1. The summed E-state index contributed by atoms with van der Waals surface area (Å²) < 4.78 is 22.0. The molecule has 1 aromatic carbocycles. The minimum Gasteiger partial charge on any atom is -0.305 e. The van der Waals surface area contributed by atoms with Gasteiger partial charge in [0, 0.05) is 30.0 Å². The predicted molar refractivity (Wildman–Crippen MR) is 74.4 cm³/mol. The minimum atomic E-state index is -2.84. The Morgan fingerprint density at radius 2 is 1.82 bits per heavy atom. The van der Waals surface area contributed by atoms with Crippen LogP contribution in [0.5, 0.6) is 0 Å². The van der Waals surface area contributed by atoms with Gasteiger partial charge >= 0.3 is 0 Å². The third kappa shape index (κ3) is 7.41. The van der Waals surface area contributed by atoms with E-state index in [1.165, 1.54) is 11.2 Å². The second kappa shape index (κ2) is 7.03. The van der Waals surface area contributed by atoms with Crippen molar-refractivity contribution in [3.8, 4) is 0 Å². The molecule has 1 rings (SSSR count). The van der Waals surface area contributed by atoms with Crippen LogP contribution in [0.25, 0.3) is 0 Å². The van der Waals surface area contributed by atoms with Gasteiger partial charge in [0.25, 0.3) is 0 Å². The SMILES string of the molecule is CN(CCSc1ccccc1)CCS(C)(=O)=O. The first-order valence-electron chi connectivity index (χ1n) is 5.51. The van der Waals surface area contributed by atoms with E-state index in [1.807, 2.05) is 25.2 Å². The molecule has 0 amide bonds. The molecule has 0 spiro atoms. The van der Waals surface area contributed by atoms with Crippen molar-refractivity contribution in [1.82, 2.24) is 4.90 Å². The van der Waals surface area contributed by atoms with Gasteiger partial charge in [0.05, 0.1) is 5.75 Å². The number of hydrogen-bond donors (Lipinski definition) is 0. The van der Waals surface area contributed by atoms with Gasteiger partial charge in [0.15, 0.2) is 0 Å². The lowest BCUT2D eigenvalue weighted by Crippen LogP contribution is -2.27. The summed E-state index contributed by atoms with van der Waals surface area (Å²) in [5.74, 6) is 1.21. The van der Waals surface area contributed by atoms with Crippen molar-refractivity contribution in [2.45, 2.75) is 4.90 Å². The lowest BCUT2D eigenvalue weighted by Gasteiger charge is -2.15. The van der Waals surface area contributed by atoms with E-state index in [9.17, 15) is 8.42 Å². The van der Waals surface area contributed by atoms with E-state index >= 15 is 0 Å². The van der Waals surface area contributed by atoms with Gasteiger partial charge in [0.1, 0.15) is 9.84 Å². The molecule has 3 nitrogen and oxygen atoms in total. The van der Waals surface area contributed by atoms with Crippen LogP contribution >= 0.6 is 11.8 Å². The standard InChI is InChI=1S/C12H19NO2S2/c1-13(9-11-17(2,14)15)8-10-16-12-6-4-3-5-7-12/h3-7H,8-11H2,1-2H3. The van der Waals surface area contributed by atoms with Crippen LogP contribution in [0.2, 0.25) is 0 Å². The number of rotatable bonds is 7. The first kappa shape index (κ1) is 14.5. The Labute approximate surface area is 108 Å². The average molecular weight is 273 g/mol. The molecular formula is C12H19NO2S2. The summed E-state index contributed by atoms with van der Waals surface area (Å²) in [7, 11) is -0.890. The molecule has 0 saturated carbocycles. The molecule has 0 atom stereocenters. The Kier molecular flexibility index (Phi) is 6.02. The summed E-state index contributed by atoms with van der Waals surface area (Å²) in [5.41, 5.74) is 0. The lowest BCUT2D eigenvalue weighted by molar-refractivity contribution is 0.377. The maximum absolute atomic E-state index is 11.0. The fourth-order valence-corrected chi connectivity index (χ4v) is 2.90. The van der Waals surface area contributed by atoms with Crippen molar-refractivity contribution in [3.05, 3.63) is 30.3 Å². The second-order valence-corrected chi connectivity index (χ2v) is 7.52. The van der Waals surface area contributed by atoms with E-state index in [2.05, 4.69) is 17.0 Å². The van der Waals surface area contributed by atoms with Gasteiger partial charge in [-0.05, 0) is 19.2 Å². The van der Waals surface area contributed by atoms with E-state index in [4.69, 9.17) is 0 Å². The van der Waals surface area contributed by atoms with Gasteiger partial charge in [0.2, 0.25) is 0 Å². The zero-order valence-electron chi connectivity index (χ0n) is 10.3. The van der Waals surface area contributed by atoms with Crippen LogP contribution in [-0.4, -0.2) is 51.2 Å². The molecule has 0 unspecified atom stereocenters. The first-order valence-corrected chi connectivity index (χ1v) is 8.56. The van der Waals surface area contributed by atoms with Crippen molar-refractivity contribution in [2.24, 2.45) is 0 Å². The summed E-state index contributed by atoms with van der Waals surface area (Å²) in [5, 5.41) is 0. The van der Waals surface area contributed by atoms with Crippen LogP contribution in [0.1, 0.15) is 0 Å². The second-order valence-electron chi connectivity index (χ2n) is 4.09. The lowest BCUT2D eigenvalue weighted by atomic mass is 10.4. The minimum absolute atomic E-state index is 0.236. The topological polar surface area (TPSA) is 37.4 Å². The molecule has 17 heavy (non-hydrogen) atoms. The van der Waals surface area contributed by atoms with Crippen molar-refractivity contribution < 1.29 is 8.42 Å². The largest absolute Gasteiger partial charge is 0.305 e. The van der Waals surface area contributed by atoms with Gasteiger partial charge in [-0.25, -0.2) is 8.42 Å². The van der Waals surface area contributed by atoms with Crippen LogP contribution in [0.4, 0.5) is 0 Å². The number of hydrogen-bond acceptors (Lipinski definition) is 4. The third-order valence-corrected chi connectivity index (χ3v) is 4.25. The van der Waals surface area contributed by atoms with E-state index in [0.29, 0.717) is 6.54 Å². The van der Waals surface area contributed by atoms with E-state index in [0.717, 1.165) is 12.3 Å². The quantitative estimate of drug-likeness (QED) is 0.709. The van der Waals surface area contributed by atoms with Crippen molar-refractivity contribution in [2.75, 3.05) is 37.9 Å². The van der Waals surface area contributed by atoms with Crippen LogP contribution in [-0.2, 0) is 9.84 Å². The van der Waals surface area contributed by atoms with Crippen LogP contribution in [0.3, 0.4) is 0 Å². The van der Waals surface area contributed by atoms with Gasteiger partial charge in [-0.15, -0.1) is 11.8 Å². The monoisotopic (exact) mass is 273 g/mol. The maximum atomic E-state index is 11.0. The molecule has 0 aliphatic rings. The van der Waals surface area contributed by atoms with Crippen molar-refractivity contribution >= 4 is 21.6 Å². The normalized spacial score (nSPS) is 11.9. The number of benzene rings is 1. The Morgan fingerprint density at radius 3 is 2.41 bits per heavy atom. The Morgan fingerprint density at radius 1 is 1.18 bits per heavy atom. The summed E-state index contributed by atoms with van der Waals surface area (Å²) >= 11 is 1.79. The molecule has 0 N–H and O–H groups in total. The molecule has 0 fully saturated rings. The van der Waals surface area contributed by atoms with Gasteiger partial charge < -0.3 is 4.90 Å². The fourth-order valence-electron chi connectivity index (χ4n) is 1.27. The molecule has 1 aromatic rings. The molecule has 0 heterocycles. The molecule has 0 aromatic heterocycles. The van der Waals surface area contributed by atoms with Crippen molar-refractivity contribution in [1.29, 1.82) is 0 Å². The highest BCUT2D eigenvalue weighted by Crippen LogP contribution is 2.16. The van der Waals surface area contributed by atoms with Crippen LogP contribution in [0, 0.1) is 0 Å². The van der Waals surface area contributed by atoms with Crippen molar-refractivity contribution in [3.63, 3.8) is 0 Å². The summed E-state index contributed by atoms with van der Waals surface area (Å²) in [6.45, 7) is 1.50. The predicted octanol–water partition coefficient (Wildman–Crippen LogP) is 1.76. The maximum Gasteiger partial charge on any atom is 0.148 e. The van der Waals surface area contributed by atoms with E-state index in [-0.39, 0.29) is 5.75 Å². The molecule has 0 aliphatic heterocycles. The molecule has 5 heteroatoms. The zero-order valence-corrected chi connectivity index (χ0v) is 11.9. The summed E-state index contributed by atoms with van der Waals surface area (Å²) in [4.78, 5) is 3.31. The van der Waals surface area contributed by atoms with E-state index < -0.39 is 9.84 Å². The molecule has 0 bridgehead atoms.